The fraction of sp³-hybridized carbons (Fsp3) is 0.452. The second-order valence-electron chi connectivity index (χ2n) is 11.5. The van der Waals surface area contributed by atoms with Crippen LogP contribution < -0.4 is 20.1 Å². The van der Waals surface area contributed by atoms with Crippen LogP contribution in [0.3, 0.4) is 0 Å². The molecule has 2 aromatic carbocycles. The molecular formula is C31H37F3N6O4. The number of nitrogens with one attached hydrogen (secondary N) is 2. The van der Waals surface area contributed by atoms with Gasteiger partial charge in [0.1, 0.15) is 18.2 Å². The van der Waals surface area contributed by atoms with E-state index in [2.05, 4.69) is 25.6 Å². The summed E-state index contributed by atoms with van der Waals surface area (Å²) in [4.78, 5) is 40.0. The number of aromatic nitrogens is 3. The highest BCUT2D eigenvalue weighted by molar-refractivity contribution is 5.94. The maximum Gasteiger partial charge on any atom is 0.422 e. The minimum atomic E-state index is -4.56. The number of halogens is 3. The fourth-order valence-electron chi connectivity index (χ4n) is 4.40. The number of anilines is 1. The summed E-state index contributed by atoms with van der Waals surface area (Å²) in [5.74, 6) is 0.685. The number of benzene rings is 2. The van der Waals surface area contributed by atoms with Crippen LogP contribution >= 0.6 is 0 Å². The Balaban J connectivity index is 1.55. The molecule has 4 aliphatic heterocycles. The molecule has 44 heavy (non-hydrogen) atoms. The summed E-state index contributed by atoms with van der Waals surface area (Å²) in [5, 5.41) is 5.92. The molecule has 10 nitrogen and oxygen atoms in total. The van der Waals surface area contributed by atoms with Crippen molar-refractivity contribution in [1.29, 1.82) is 0 Å². The van der Waals surface area contributed by atoms with Gasteiger partial charge in [-0.3, -0.25) is 9.59 Å². The van der Waals surface area contributed by atoms with E-state index in [4.69, 9.17) is 9.47 Å². The first kappa shape index (κ1) is 32.5. The molecule has 2 amide bonds. The Bertz CT molecular complexity index is 1410. The molecule has 0 saturated heterocycles. The average molecular weight is 615 g/mol. The topological polar surface area (TPSA) is 119 Å². The van der Waals surface area contributed by atoms with E-state index in [0.29, 0.717) is 50.4 Å². The highest BCUT2D eigenvalue weighted by atomic mass is 19.4. The van der Waals surface area contributed by atoms with Crippen molar-refractivity contribution in [3.63, 3.8) is 0 Å². The van der Waals surface area contributed by atoms with Crippen molar-refractivity contribution in [1.82, 2.24) is 25.2 Å². The molecule has 236 valence electrons. The van der Waals surface area contributed by atoms with Gasteiger partial charge in [0, 0.05) is 37.0 Å². The Morgan fingerprint density at radius 2 is 1.64 bits per heavy atom. The summed E-state index contributed by atoms with van der Waals surface area (Å²) in [6.07, 6.45) is -2.98. The van der Waals surface area contributed by atoms with Crippen LogP contribution in [0.25, 0.3) is 0 Å². The summed E-state index contributed by atoms with van der Waals surface area (Å²) in [5.41, 5.74) is 1.52. The second kappa shape index (κ2) is 14.4. The van der Waals surface area contributed by atoms with Gasteiger partial charge < -0.3 is 25.0 Å². The number of carbonyl (C=O) groups excluding carboxylic acids is 2. The molecule has 0 unspecified atom stereocenters. The van der Waals surface area contributed by atoms with Gasteiger partial charge in [0.2, 0.25) is 11.9 Å². The van der Waals surface area contributed by atoms with Gasteiger partial charge in [-0.05, 0) is 48.2 Å². The maximum absolute atomic E-state index is 13.1. The van der Waals surface area contributed by atoms with Gasteiger partial charge in [0.25, 0.3) is 5.91 Å². The molecule has 0 fully saturated rings. The Morgan fingerprint density at radius 3 is 2.32 bits per heavy atom. The van der Waals surface area contributed by atoms with E-state index in [9.17, 15) is 22.8 Å². The smallest absolute Gasteiger partial charge is 0.422 e. The number of ether oxygens (including phenoxy) is 2. The van der Waals surface area contributed by atoms with Crippen LogP contribution in [-0.2, 0) is 17.8 Å². The third kappa shape index (κ3) is 10.1. The Morgan fingerprint density at radius 1 is 0.932 bits per heavy atom. The number of carbonyl (C=O) groups is 2. The molecule has 4 aliphatic rings. The van der Waals surface area contributed by atoms with E-state index >= 15 is 0 Å². The fourth-order valence-corrected chi connectivity index (χ4v) is 4.40. The Hall–Kier alpha value is -4.42. The predicted octanol–water partition coefficient (Wildman–Crippen LogP) is 4.79. The van der Waals surface area contributed by atoms with Crippen molar-refractivity contribution in [2.75, 3.05) is 38.2 Å². The Kier molecular flexibility index (Phi) is 10.6. The lowest BCUT2D eigenvalue weighted by Crippen LogP contribution is -2.42. The lowest BCUT2D eigenvalue weighted by Gasteiger charge is -2.29. The van der Waals surface area contributed by atoms with Crippen LogP contribution in [-0.4, -0.2) is 70.7 Å². The number of alkyl halides is 3. The highest BCUT2D eigenvalue weighted by Gasteiger charge is 2.29. The number of amides is 2. The minimum absolute atomic E-state index is 0.0292. The van der Waals surface area contributed by atoms with Crippen molar-refractivity contribution >= 4 is 17.8 Å². The standard InChI is InChI=1S/C31H37F3N6O4/c1-30(2,3)27(42)40-15-5-4-14-35-26(41)23-10-6-21(7-11-23)18-25-37-28(39-29(38-25)44-20-31(32,33)34)36-19-22-8-12-24(13-9-22)43-17-16-40/h6-13H,4-5,14-20H2,1-3H3,(H,35,41)(H,36,37,38,39). The molecule has 5 heterocycles. The maximum atomic E-state index is 13.1. The summed E-state index contributed by atoms with van der Waals surface area (Å²) < 4.78 is 49.1. The molecule has 1 aromatic heterocycles. The molecule has 2 N–H and O–H groups in total. The number of nitrogens with zero attached hydrogens (tertiary/aromatic N) is 4. The zero-order valence-electron chi connectivity index (χ0n) is 25.0. The highest BCUT2D eigenvalue weighted by Crippen LogP contribution is 2.20. The number of rotatable bonds is 2. The summed E-state index contributed by atoms with van der Waals surface area (Å²) in [6, 6.07) is 13.6. The lowest BCUT2D eigenvalue weighted by atomic mass is 9.94. The normalized spacial score (nSPS) is 15.5. The van der Waals surface area contributed by atoms with E-state index in [1.54, 1.807) is 41.3 Å². The molecule has 0 aliphatic carbocycles. The van der Waals surface area contributed by atoms with Gasteiger partial charge >= 0.3 is 12.2 Å². The van der Waals surface area contributed by atoms with Gasteiger partial charge in [0.15, 0.2) is 6.61 Å². The van der Waals surface area contributed by atoms with Gasteiger partial charge in [-0.2, -0.15) is 28.1 Å². The molecule has 0 saturated carbocycles. The summed E-state index contributed by atoms with van der Waals surface area (Å²) in [7, 11) is 0. The van der Waals surface area contributed by atoms with Crippen LogP contribution in [0.4, 0.5) is 19.1 Å². The Labute approximate surface area is 254 Å². The average Bonchev–Trinajstić information content (AvgIpc) is 2.97. The SMILES string of the molecule is CC(C)(C)C(=O)N1CCCCNC(=O)c2ccc(cc2)Cc2nc(nc(OCC(F)(F)F)n2)NCc2ccc(cc2)OCC1. The molecule has 6 bridgehead atoms. The van der Waals surface area contributed by atoms with Crippen molar-refractivity contribution in [2.45, 2.75) is 52.8 Å². The largest absolute Gasteiger partial charge is 0.492 e. The first-order chi connectivity index (χ1) is 20.9. The van der Waals surface area contributed by atoms with Gasteiger partial charge in [0.05, 0.1) is 6.54 Å². The molecule has 13 heteroatoms. The van der Waals surface area contributed by atoms with Crippen molar-refractivity contribution in [3.8, 4) is 11.8 Å². The molecule has 7 rings (SSSR count). The van der Waals surface area contributed by atoms with Crippen LogP contribution in [0, 0.1) is 5.41 Å². The lowest BCUT2D eigenvalue weighted by molar-refractivity contribution is -0.154. The summed E-state index contributed by atoms with van der Waals surface area (Å²) >= 11 is 0. The molecule has 0 spiro atoms. The van der Waals surface area contributed by atoms with Crippen LogP contribution in [0.2, 0.25) is 0 Å². The van der Waals surface area contributed by atoms with Crippen LogP contribution in [0.5, 0.6) is 11.8 Å². The predicted molar refractivity (Wildman–Crippen MR) is 157 cm³/mol. The number of hydrogen-bond donors (Lipinski definition) is 2. The quantitative estimate of drug-likeness (QED) is 0.423. The molecule has 0 atom stereocenters. The first-order valence-electron chi connectivity index (χ1n) is 14.4. The molecule has 3 aromatic rings. The van der Waals surface area contributed by atoms with E-state index in [0.717, 1.165) is 11.1 Å². The van der Waals surface area contributed by atoms with E-state index < -0.39 is 24.2 Å². The van der Waals surface area contributed by atoms with E-state index in [-0.39, 0.29) is 36.6 Å². The van der Waals surface area contributed by atoms with Crippen LogP contribution in [0.15, 0.2) is 48.5 Å². The third-order valence-electron chi connectivity index (χ3n) is 6.68. The van der Waals surface area contributed by atoms with Gasteiger partial charge in [-0.25, -0.2) is 0 Å². The van der Waals surface area contributed by atoms with E-state index in [1.807, 2.05) is 32.9 Å². The van der Waals surface area contributed by atoms with Gasteiger partial charge in [-0.1, -0.05) is 45.0 Å². The number of hydrogen-bond acceptors (Lipinski definition) is 8. The monoisotopic (exact) mass is 614 g/mol. The zero-order chi connectivity index (χ0) is 31.7. The van der Waals surface area contributed by atoms with Gasteiger partial charge in [-0.15, -0.1) is 0 Å². The van der Waals surface area contributed by atoms with Crippen molar-refractivity contribution in [3.05, 3.63) is 71.0 Å². The third-order valence-corrected chi connectivity index (χ3v) is 6.68. The molecular weight excluding hydrogens is 577 g/mol. The van der Waals surface area contributed by atoms with Crippen LogP contribution in [0.1, 0.15) is 60.9 Å². The van der Waals surface area contributed by atoms with E-state index in [1.165, 1.54) is 0 Å². The second-order valence-corrected chi connectivity index (χ2v) is 11.5. The molecule has 0 radical (unpaired) electrons. The van der Waals surface area contributed by atoms with Crippen molar-refractivity contribution < 1.29 is 32.2 Å². The minimum Gasteiger partial charge on any atom is -0.492 e. The summed E-state index contributed by atoms with van der Waals surface area (Å²) in [6.45, 7) is 6.11. The first-order valence-corrected chi connectivity index (χ1v) is 14.4. The zero-order valence-corrected chi connectivity index (χ0v) is 25.0. The van der Waals surface area contributed by atoms with Crippen molar-refractivity contribution in [2.24, 2.45) is 5.41 Å².